The van der Waals surface area contributed by atoms with Gasteiger partial charge in [-0.05, 0) is 13.3 Å². The van der Waals surface area contributed by atoms with E-state index < -0.39 is 5.97 Å². The number of hydrogen-bond acceptors (Lipinski definition) is 7. The third kappa shape index (κ3) is 4.28. The lowest BCUT2D eigenvalue weighted by molar-refractivity contribution is 0.0606. The summed E-state index contributed by atoms with van der Waals surface area (Å²) in [4.78, 5) is 38.7. The average molecular weight is 483 g/mol. The molecule has 1 aliphatic heterocycles. The molecule has 1 fully saturated rings. The highest BCUT2D eigenvalue weighted by atomic mass is 35.5. The van der Waals surface area contributed by atoms with Gasteiger partial charge in [0, 0.05) is 31.2 Å². The number of thiazole rings is 1. The molecule has 9 nitrogen and oxygen atoms in total. The van der Waals surface area contributed by atoms with E-state index >= 15 is 0 Å². The zero-order chi connectivity index (χ0) is 22.1. The predicted molar refractivity (Wildman–Crippen MR) is 118 cm³/mol. The molecule has 2 N–H and O–H groups in total. The van der Waals surface area contributed by atoms with Crippen molar-refractivity contribution in [3.63, 3.8) is 0 Å². The Morgan fingerprint density at radius 2 is 2.16 bits per heavy atom. The van der Waals surface area contributed by atoms with Crippen LogP contribution in [-0.4, -0.2) is 57.6 Å². The zero-order valence-corrected chi connectivity index (χ0v) is 19.1. The topological polar surface area (TPSA) is 105 Å². The van der Waals surface area contributed by atoms with Crippen LogP contribution in [0.1, 0.15) is 38.3 Å². The molecular weight excluding hydrogens is 463 g/mol. The molecule has 164 valence electrons. The Morgan fingerprint density at radius 1 is 1.35 bits per heavy atom. The number of carbonyl (C=O) groups excluding carboxylic acids is 2. The lowest BCUT2D eigenvalue weighted by Gasteiger charge is -2.39. The molecule has 4 heterocycles. The lowest BCUT2D eigenvalue weighted by atomic mass is 9.99. The second-order valence-corrected chi connectivity index (χ2v) is 8.91. The lowest BCUT2D eigenvalue weighted by Crippen LogP contribution is -2.51. The predicted octanol–water partition coefficient (Wildman–Crippen LogP) is 3.32. The van der Waals surface area contributed by atoms with Crippen molar-refractivity contribution >= 4 is 51.5 Å². The molecule has 2 atom stereocenters. The number of aromatic amines is 1. The second-order valence-electron chi connectivity index (χ2n) is 7.14. The molecule has 0 saturated carbocycles. The Balaban J connectivity index is 1.54. The van der Waals surface area contributed by atoms with Crippen LogP contribution in [0.25, 0.3) is 0 Å². The van der Waals surface area contributed by atoms with E-state index in [4.69, 9.17) is 27.9 Å². The molecule has 4 rings (SSSR count). The summed E-state index contributed by atoms with van der Waals surface area (Å²) in [7, 11) is 1.34. The molecule has 0 aromatic carbocycles. The van der Waals surface area contributed by atoms with Crippen molar-refractivity contribution in [2.45, 2.75) is 25.4 Å². The van der Waals surface area contributed by atoms with Gasteiger partial charge in [0.2, 0.25) is 0 Å². The third-order valence-corrected chi connectivity index (χ3v) is 7.22. The molecular formula is C19H20Cl2N6O3S. The van der Waals surface area contributed by atoms with Crippen molar-refractivity contribution < 1.29 is 14.3 Å². The molecule has 0 bridgehead atoms. The number of piperidine rings is 1. The molecule has 3 aromatic heterocycles. The van der Waals surface area contributed by atoms with E-state index in [2.05, 4.69) is 25.2 Å². The quantitative estimate of drug-likeness (QED) is 0.540. The molecule has 0 radical (unpaired) electrons. The molecule has 1 aliphatic rings. The number of anilines is 1. The van der Waals surface area contributed by atoms with Crippen molar-refractivity contribution in [1.29, 1.82) is 0 Å². The maximum atomic E-state index is 12.9. The Bertz CT molecular complexity index is 1100. The fourth-order valence-electron chi connectivity index (χ4n) is 3.62. The van der Waals surface area contributed by atoms with E-state index in [0.717, 1.165) is 5.13 Å². The first-order valence-electron chi connectivity index (χ1n) is 9.50. The van der Waals surface area contributed by atoms with Crippen molar-refractivity contribution in [2.75, 3.05) is 25.1 Å². The highest BCUT2D eigenvalue weighted by Crippen LogP contribution is 2.32. The van der Waals surface area contributed by atoms with Crippen LogP contribution >= 0.6 is 34.5 Å². The van der Waals surface area contributed by atoms with Gasteiger partial charge in [-0.2, -0.15) is 0 Å². The van der Waals surface area contributed by atoms with E-state index in [1.54, 1.807) is 19.4 Å². The van der Waals surface area contributed by atoms with Gasteiger partial charge in [-0.1, -0.05) is 34.5 Å². The Kier molecular flexibility index (Phi) is 6.22. The number of H-pyrrole nitrogens is 1. The van der Waals surface area contributed by atoms with Gasteiger partial charge in [0.1, 0.15) is 10.6 Å². The normalized spacial score (nSPS) is 18.8. The van der Waals surface area contributed by atoms with Crippen LogP contribution in [-0.2, 0) is 4.74 Å². The summed E-state index contributed by atoms with van der Waals surface area (Å²) in [6.45, 7) is 2.99. The standard InChI is InChI=1S/C19H20Cl2N6O3S/c1-10-14(20)15(21)16(24-10)17(28)25-11-3-5-26(8-12(11)27-6-4-22-9-27)19-23-7-13(31-19)18(29)30-2/h4,6-7,9,11-12,24H,3,5,8H2,1-2H3,(H,25,28). The first-order chi connectivity index (χ1) is 14.9. The summed E-state index contributed by atoms with van der Waals surface area (Å²) >= 11 is 13.6. The van der Waals surface area contributed by atoms with Crippen molar-refractivity contribution in [3.8, 4) is 0 Å². The van der Waals surface area contributed by atoms with Gasteiger partial charge in [-0.15, -0.1) is 0 Å². The van der Waals surface area contributed by atoms with Crippen molar-refractivity contribution in [2.24, 2.45) is 0 Å². The van der Waals surface area contributed by atoms with Crippen LogP contribution < -0.4 is 10.2 Å². The third-order valence-electron chi connectivity index (χ3n) is 5.24. The average Bonchev–Trinajstić information content (AvgIpc) is 3.52. The fourth-order valence-corrected chi connectivity index (χ4v) is 4.90. The van der Waals surface area contributed by atoms with Gasteiger partial charge >= 0.3 is 5.97 Å². The number of methoxy groups -OCH3 is 1. The Morgan fingerprint density at radius 3 is 2.81 bits per heavy atom. The number of imidazole rings is 1. The molecule has 12 heteroatoms. The zero-order valence-electron chi connectivity index (χ0n) is 16.8. The van der Waals surface area contributed by atoms with Gasteiger partial charge in [-0.3, -0.25) is 4.79 Å². The smallest absolute Gasteiger partial charge is 0.349 e. The molecule has 3 aromatic rings. The minimum Gasteiger partial charge on any atom is -0.465 e. The number of rotatable bonds is 5. The van der Waals surface area contributed by atoms with Crippen LogP contribution in [0.2, 0.25) is 10.0 Å². The molecule has 1 amide bonds. The minimum absolute atomic E-state index is 0.101. The number of halogens is 2. The number of amides is 1. The van der Waals surface area contributed by atoms with E-state index in [1.165, 1.54) is 24.6 Å². The SMILES string of the molecule is COC(=O)c1cnc(N2CCC(NC(=O)c3[nH]c(C)c(Cl)c3Cl)C(n3ccnc3)C2)s1. The highest BCUT2D eigenvalue weighted by molar-refractivity contribution is 7.17. The van der Waals surface area contributed by atoms with E-state index in [-0.39, 0.29) is 28.7 Å². The van der Waals surface area contributed by atoms with E-state index in [1.807, 2.05) is 10.8 Å². The second kappa shape index (κ2) is 8.89. The van der Waals surface area contributed by atoms with Crippen LogP contribution in [0.4, 0.5) is 5.13 Å². The van der Waals surface area contributed by atoms with Crippen LogP contribution in [0.3, 0.4) is 0 Å². The van der Waals surface area contributed by atoms with Crippen LogP contribution in [0.15, 0.2) is 24.9 Å². The van der Waals surface area contributed by atoms with E-state index in [9.17, 15) is 9.59 Å². The number of carbonyl (C=O) groups is 2. The minimum atomic E-state index is -0.408. The van der Waals surface area contributed by atoms with Crippen molar-refractivity contribution in [3.05, 3.63) is 51.2 Å². The largest absolute Gasteiger partial charge is 0.465 e. The molecule has 31 heavy (non-hydrogen) atoms. The summed E-state index contributed by atoms with van der Waals surface area (Å²) in [5.41, 5.74) is 0.890. The Labute approximate surface area is 192 Å². The molecule has 0 spiro atoms. The first kappa shape index (κ1) is 21.7. The molecule has 2 unspecified atom stereocenters. The Hall–Kier alpha value is -2.56. The number of nitrogens with zero attached hydrogens (tertiary/aromatic N) is 4. The maximum Gasteiger partial charge on any atom is 0.349 e. The summed E-state index contributed by atoms with van der Waals surface area (Å²) < 4.78 is 6.73. The monoisotopic (exact) mass is 482 g/mol. The van der Waals surface area contributed by atoms with Gasteiger partial charge < -0.3 is 24.5 Å². The summed E-state index contributed by atoms with van der Waals surface area (Å²) in [6.07, 6.45) is 7.45. The summed E-state index contributed by atoms with van der Waals surface area (Å²) in [5.74, 6) is -0.723. The van der Waals surface area contributed by atoms with Crippen molar-refractivity contribution in [1.82, 2.24) is 24.8 Å². The number of hydrogen-bond donors (Lipinski definition) is 2. The van der Waals surface area contributed by atoms with Gasteiger partial charge in [0.05, 0.1) is 41.8 Å². The highest BCUT2D eigenvalue weighted by Gasteiger charge is 2.34. The summed E-state index contributed by atoms with van der Waals surface area (Å²) in [6, 6.07) is -0.271. The fraction of sp³-hybridized carbons (Fsp3) is 0.368. The number of aromatic nitrogens is 4. The number of aryl methyl sites for hydroxylation is 1. The number of nitrogens with one attached hydrogen (secondary N) is 2. The maximum absolute atomic E-state index is 12.9. The molecule has 1 saturated heterocycles. The number of esters is 1. The summed E-state index contributed by atoms with van der Waals surface area (Å²) in [5, 5.41) is 4.37. The van der Waals surface area contributed by atoms with Crippen LogP contribution in [0.5, 0.6) is 0 Å². The van der Waals surface area contributed by atoms with Gasteiger partial charge in [-0.25, -0.2) is 14.8 Å². The van der Waals surface area contributed by atoms with E-state index in [0.29, 0.717) is 35.1 Å². The number of ether oxygens (including phenoxy) is 1. The first-order valence-corrected chi connectivity index (χ1v) is 11.1. The van der Waals surface area contributed by atoms with Crippen LogP contribution in [0, 0.1) is 6.92 Å². The molecule has 0 aliphatic carbocycles. The van der Waals surface area contributed by atoms with Gasteiger partial charge in [0.25, 0.3) is 5.91 Å². The van der Waals surface area contributed by atoms with Gasteiger partial charge in [0.15, 0.2) is 5.13 Å².